The number of halogens is 1. The maximum Gasteiger partial charge on any atom is 2.00 e. The largest absolute Gasteiger partial charge is 2.00 e. The molecule has 1 aromatic carbocycles. The average molecular weight is 296 g/mol. The van der Waals surface area contributed by atoms with Crippen LogP contribution in [0.25, 0.3) is 0 Å². The van der Waals surface area contributed by atoms with E-state index in [0.717, 1.165) is 6.42 Å². The third-order valence-electron chi connectivity index (χ3n) is 2.15. The van der Waals surface area contributed by atoms with E-state index in [-0.39, 0.29) is 55.0 Å². The van der Waals surface area contributed by atoms with Gasteiger partial charge in [0, 0.05) is 6.08 Å². The molecule has 0 aliphatic heterocycles. The molecule has 0 bridgehead atoms. The van der Waals surface area contributed by atoms with E-state index in [1.807, 2.05) is 37.3 Å². The smallest absolute Gasteiger partial charge is 0.463 e. The minimum Gasteiger partial charge on any atom is -0.463 e. The van der Waals surface area contributed by atoms with Gasteiger partial charge >= 0.3 is 29.0 Å². The van der Waals surface area contributed by atoms with Crippen LogP contribution in [0.3, 0.4) is 0 Å². The van der Waals surface area contributed by atoms with Crippen LogP contribution in [0.2, 0.25) is 0 Å². The molecular weight excluding hydrogens is 274 g/mol. The van der Waals surface area contributed by atoms with Crippen molar-refractivity contribution >= 4 is 41.4 Å². The van der Waals surface area contributed by atoms with Crippen molar-refractivity contribution in [1.82, 2.24) is 6.15 Å². The van der Waals surface area contributed by atoms with Crippen LogP contribution in [0, 0.1) is 13.3 Å². The monoisotopic (exact) mass is 295 g/mol. The molecule has 3 nitrogen and oxygen atoms in total. The molecule has 0 fully saturated rings. The quantitative estimate of drug-likeness (QED) is 0.392. The van der Waals surface area contributed by atoms with Crippen molar-refractivity contribution < 1.29 is 9.53 Å². The van der Waals surface area contributed by atoms with Crippen molar-refractivity contribution in [1.29, 1.82) is 0 Å². The SMILES string of the molecule is C=CC(=O)OCC[C-](C)c1ccccc1.Cl.N.[CH3-].[Mg+2]. The Kier molecular flexibility index (Phi) is 21.7. The maximum atomic E-state index is 10.8. The molecule has 19 heavy (non-hydrogen) atoms. The fourth-order valence-corrected chi connectivity index (χ4v) is 1.23. The first-order valence-electron chi connectivity index (χ1n) is 4.91. The van der Waals surface area contributed by atoms with Gasteiger partial charge in [0.2, 0.25) is 0 Å². The van der Waals surface area contributed by atoms with Crippen molar-refractivity contribution in [2.24, 2.45) is 0 Å². The van der Waals surface area contributed by atoms with Crippen molar-refractivity contribution in [3.8, 4) is 0 Å². The first-order valence-corrected chi connectivity index (χ1v) is 4.91. The summed E-state index contributed by atoms with van der Waals surface area (Å²) in [4.78, 5) is 10.8. The molecule has 0 amide bonds. The minimum absolute atomic E-state index is 0. The number of benzene rings is 1. The molecule has 104 valence electrons. The number of rotatable bonds is 5. The second kappa shape index (κ2) is 15.4. The van der Waals surface area contributed by atoms with E-state index in [0.29, 0.717) is 6.61 Å². The van der Waals surface area contributed by atoms with Crippen LogP contribution in [0.5, 0.6) is 0 Å². The Hall–Kier alpha value is -0.684. The van der Waals surface area contributed by atoms with Gasteiger partial charge in [-0.1, -0.05) is 19.6 Å². The van der Waals surface area contributed by atoms with Crippen LogP contribution in [0.4, 0.5) is 0 Å². The molecule has 0 saturated carbocycles. The number of ether oxygens (including phenoxy) is 1. The minimum atomic E-state index is -0.365. The van der Waals surface area contributed by atoms with Crippen LogP contribution in [-0.2, 0) is 9.53 Å². The number of carbonyl (C=O) groups is 1. The zero-order valence-corrected chi connectivity index (χ0v) is 14.0. The Balaban J connectivity index is -0.000000281. The average Bonchev–Trinajstić information content (AvgIpc) is 2.29. The van der Waals surface area contributed by atoms with Crippen molar-refractivity contribution in [2.45, 2.75) is 13.3 Å². The van der Waals surface area contributed by atoms with Gasteiger partial charge in [-0.25, -0.2) is 4.79 Å². The molecule has 0 atom stereocenters. The first-order chi connectivity index (χ1) is 7.24. The standard InChI is InChI=1S/C13H15O2.CH3.ClH.Mg.H3N/c1-3-13(14)15-10-9-11(2)12-7-5-4-6-8-12;;;;/h3-8H,1,9-10H2,2H3;1H3;1H;;1H3/q2*-1;;+2;. The van der Waals surface area contributed by atoms with Gasteiger partial charge in [-0.3, -0.25) is 0 Å². The van der Waals surface area contributed by atoms with E-state index in [1.165, 1.54) is 17.6 Å². The van der Waals surface area contributed by atoms with Crippen LogP contribution >= 0.6 is 12.4 Å². The van der Waals surface area contributed by atoms with E-state index in [1.54, 1.807) is 0 Å². The summed E-state index contributed by atoms with van der Waals surface area (Å²) in [5.41, 5.74) is 1.19. The topological polar surface area (TPSA) is 61.3 Å². The molecule has 3 N–H and O–H groups in total. The van der Waals surface area contributed by atoms with Crippen molar-refractivity contribution in [3.63, 3.8) is 0 Å². The summed E-state index contributed by atoms with van der Waals surface area (Å²) < 4.78 is 4.91. The third-order valence-corrected chi connectivity index (χ3v) is 2.15. The van der Waals surface area contributed by atoms with Gasteiger partial charge in [-0.05, 0) is 6.42 Å². The van der Waals surface area contributed by atoms with Crippen LogP contribution in [-0.4, -0.2) is 35.6 Å². The fourth-order valence-electron chi connectivity index (χ4n) is 1.23. The second-order valence-electron chi connectivity index (χ2n) is 3.27. The van der Waals surface area contributed by atoms with Crippen LogP contribution in [0.1, 0.15) is 18.9 Å². The van der Waals surface area contributed by atoms with Crippen molar-refractivity contribution in [3.05, 3.63) is 61.9 Å². The second-order valence-corrected chi connectivity index (χ2v) is 3.27. The van der Waals surface area contributed by atoms with Gasteiger partial charge in [0.25, 0.3) is 0 Å². The summed E-state index contributed by atoms with van der Waals surface area (Å²) in [5, 5.41) is 0. The molecule has 0 unspecified atom stereocenters. The van der Waals surface area contributed by atoms with Gasteiger partial charge in [0.1, 0.15) is 0 Å². The maximum absolute atomic E-state index is 10.8. The molecule has 1 rings (SSSR count). The molecule has 1 aromatic rings. The van der Waals surface area contributed by atoms with Gasteiger partial charge in [-0.15, -0.1) is 24.5 Å². The van der Waals surface area contributed by atoms with E-state index < -0.39 is 0 Å². The Morgan fingerprint density at radius 3 is 2.37 bits per heavy atom. The Labute approximate surface area is 139 Å². The van der Waals surface area contributed by atoms with Crippen LogP contribution < -0.4 is 6.15 Å². The molecule has 0 aliphatic carbocycles. The summed E-state index contributed by atoms with van der Waals surface area (Å²) in [6.45, 7) is 5.78. The molecule has 5 heteroatoms. The summed E-state index contributed by atoms with van der Waals surface area (Å²) >= 11 is 0. The predicted octanol–water partition coefficient (Wildman–Crippen LogP) is 3.40. The number of carbonyl (C=O) groups excluding carboxylic acids is 1. The summed E-state index contributed by atoms with van der Waals surface area (Å²) in [6.07, 6.45) is 1.93. The Morgan fingerprint density at radius 1 is 1.37 bits per heavy atom. The zero-order valence-electron chi connectivity index (χ0n) is 11.7. The molecule has 0 radical (unpaired) electrons. The van der Waals surface area contributed by atoms with Gasteiger partial charge in [0.05, 0.1) is 6.61 Å². The number of esters is 1. The third kappa shape index (κ3) is 10.9. The molecule has 0 spiro atoms. The summed E-state index contributed by atoms with van der Waals surface area (Å²) in [6, 6.07) is 10.1. The summed E-state index contributed by atoms with van der Waals surface area (Å²) in [5.74, 6) is 0.850. The molecule has 0 heterocycles. The predicted molar refractivity (Wildman–Crippen MR) is 84.7 cm³/mol. The first kappa shape index (κ1) is 26.8. The van der Waals surface area contributed by atoms with Gasteiger partial charge in [0.15, 0.2) is 0 Å². The van der Waals surface area contributed by atoms with Crippen LogP contribution in [0.15, 0.2) is 43.0 Å². The van der Waals surface area contributed by atoms with E-state index in [4.69, 9.17) is 4.74 Å². The summed E-state index contributed by atoms with van der Waals surface area (Å²) in [7, 11) is 0. The Bertz CT molecular complexity index is 333. The molecular formula is C14H22ClMgNO2. The number of hydrogen-bond donors (Lipinski definition) is 1. The van der Waals surface area contributed by atoms with E-state index in [2.05, 4.69) is 6.58 Å². The molecule has 0 aliphatic rings. The number of hydrogen-bond acceptors (Lipinski definition) is 3. The van der Waals surface area contributed by atoms with E-state index in [9.17, 15) is 4.79 Å². The van der Waals surface area contributed by atoms with Gasteiger partial charge in [-0.2, -0.15) is 23.6 Å². The molecule has 0 aromatic heterocycles. The Morgan fingerprint density at radius 2 is 1.89 bits per heavy atom. The van der Waals surface area contributed by atoms with E-state index >= 15 is 0 Å². The van der Waals surface area contributed by atoms with Crippen molar-refractivity contribution in [2.75, 3.05) is 6.61 Å². The van der Waals surface area contributed by atoms with Gasteiger partial charge < -0.3 is 18.3 Å². The molecule has 0 saturated heterocycles. The zero-order chi connectivity index (χ0) is 11.1. The normalized spacial score (nSPS) is 7.42. The fraction of sp³-hybridized carbons (Fsp3) is 0.214.